The molecule has 0 aromatic heterocycles. The van der Waals surface area contributed by atoms with E-state index >= 15 is 0 Å². The first-order valence-electron chi connectivity index (χ1n) is 6.77. The minimum absolute atomic E-state index is 0.624. The number of benzene rings is 1. The molecule has 3 heteroatoms. The normalized spacial score (nSPS) is 18.8. The highest BCUT2D eigenvalue weighted by molar-refractivity contribution is 9.10. The molecule has 0 bridgehead atoms. The van der Waals surface area contributed by atoms with E-state index in [1.807, 2.05) is 0 Å². The molecule has 100 valence electrons. The molecular formula is C15H22BrNS. The Balaban J connectivity index is 1.86. The van der Waals surface area contributed by atoms with Crippen molar-refractivity contribution < 1.29 is 0 Å². The van der Waals surface area contributed by atoms with Gasteiger partial charge in [0.1, 0.15) is 0 Å². The van der Waals surface area contributed by atoms with Gasteiger partial charge in [0.05, 0.1) is 0 Å². The number of halogens is 1. The van der Waals surface area contributed by atoms with E-state index in [0.29, 0.717) is 6.04 Å². The van der Waals surface area contributed by atoms with Crippen LogP contribution in [0, 0.1) is 5.92 Å². The predicted molar refractivity (Wildman–Crippen MR) is 85.4 cm³/mol. The van der Waals surface area contributed by atoms with Gasteiger partial charge in [-0.05, 0) is 67.9 Å². The van der Waals surface area contributed by atoms with Gasteiger partial charge < -0.3 is 5.32 Å². The first kappa shape index (κ1) is 14.4. The number of hydrogen-bond donors (Lipinski definition) is 1. The van der Waals surface area contributed by atoms with Crippen LogP contribution in [0.4, 0.5) is 0 Å². The molecule has 1 aromatic rings. The van der Waals surface area contributed by atoms with Gasteiger partial charge in [-0.25, -0.2) is 0 Å². The second-order valence-electron chi connectivity index (χ2n) is 5.11. The lowest BCUT2D eigenvalue weighted by Gasteiger charge is -2.26. The van der Waals surface area contributed by atoms with Gasteiger partial charge >= 0.3 is 0 Å². The molecule has 1 aliphatic heterocycles. The lowest BCUT2D eigenvalue weighted by molar-refractivity contribution is 0.376. The Morgan fingerprint density at radius 2 is 1.94 bits per heavy atom. The fourth-order valence-corrected chi connectivity index (χ4v) is 4.06. The van der Waals surface area contributed by atoms with E-state index in [-0.39, 0.29) is 0 Å². The van der Waals surface area contributed by atoms with Gasteiger partial charge in [-0.1, -0.05) is 28.1 Å². The number of thioether (sulfide) groups is 1. The van der Waals surface area contributed by atoms with Crippen LogP contribution in [0.2, 0.25) is 0 Å². The SMILES string of the molecule is CNC(Cc1ccc(Br)cc1)CC1CCSCC1. The van der Waals surface area contributed by atoms with E-state index in [2.05, 4.69) is 64.3 Å². The van der Waals surface area contributed by atoms with Crippen LogP contribution in [0.25, 0.3) is 0 Å². The van der Waals surface area contributed by atoms with E-state index in [1.165, 1.54) is 36.3 Å². The van der Waals surface area contributed by atoms with Crippen molar-refractivity contribution >= 4 is 27.7 Å². The molecule has 0 aliphatic carbocycles. The first-order chi connectivity index (χ1) is 8.78. The summed E-state index contributed by atoms with van der Waals surface area (Å²) in [5.41, 5.74) is 1.43. The monoisotopic (exact) mass is 327 g/mol. The lowest BCUT2D eigenvalue weighted by Crippen LogP contribution is -2.31. The molecule has 0 spiro atoms. The third-order valence-electron chi connectivity index (χ3n) is 3.76. The van der Waals surface area contributed by atoms with Crippen molar-refractivity contribution in [2.45, 2.75) is 31.7 Å². The van der Waals surface area contributed by atoms with Crippen LogP contribution in [0.1, 0.15) is 24.8 Å². The molecule has 1 heterocycles. The number of nitrogens with one attached hydrogen (secondary N) is 1. The van der Waals surface area contributed by atoms with Crippen molar-refractivity contribution in [1.82, 2.24) is 5.32 Å². The standard InChI is InChI=1S/C15H22BrNS/c1-17-15(11-13-6-8-18-9-7-13)10-12-2-4-14(16)5-3-12/h2-5,13,15,17H,6-11H2,1H3. The molecule has 1 nitrogen and oxygen atoms in total. The molecule has 0 amide bonds. The molecule has 1 aliphatic rings. The summed E-state index contributed by atoms with van der Waals surface area (Å²) in [7, 11) is 2.10. The Hall–Kier alpha value is 0.01000. The van der Waals surface area contributed by atoms with Crippen LogP contribution in [0.5, 0.6) is 0 Å². The van der Waals surface area contributed by atoms with E-state index in [0.717, 1.165) is 16.8 Å². The topological polar surface area (TPSA) is 12.0 Å². The molecule has 1 aromatic carbocycles. The molecule has 1 saturated heterocycles. The zero-order valence-electron chi connectivity index (χ0n) is 11.0. The Bertz CT molecular complexity index is 346. The third-order valence-corrected chi connectivity index (χ3v) is 5.34. The van der Waals surface area contributed by atoms with Crippen LogP contribution < -0.4 is 5.32 Å². The van der Waals surface area contributed by atoms with Crippen molar-refractivity contribution in [1.29, 1.82) is 0 Å². The predicted octanol–water partition coefficient (Wildman–Crippen LogP) is 4.11. The second kappa shape index (κ2) is 7.56. The van der Waals surface area contributed by atoms with Crippen LogP contribution in [-0.2, 0) is 6.42 Å². The lowest BCUT2D eigenvalue weighted by atomic mass is 9.91. The molecule has 1 fully saturated rings. The van der Waals surface area contributed by atoms with Gasteiger partial charge in [-0.2, -0.15) is 11.8 Å². The average molecular weight is 328 g/mol. The van der Waals surface area contributed by atoms with Gasteiger partial charge in [-0.3, -0.25) is 0 Å². The zero-order valence-corrected chi connectivity index (χ0v) is 13.4. The summed E-state index contributed by atoms with van der Waals surface area (Å²) in [4.78, 5) is 0. The average Bonchev–Trinajstić information content (AvgIpc) is 2.41. The Labute approximate surface area is 123 Å². The van der Waals surface area contributed by atoms with Crippen molar-refractivity contribution in [3.05, 3.63) is 34.3 Å². The smallest absolute Gasteiger partial charge is 0.0175 e. The van der Waals surface area contributed by atoms with Crippen molar-refractivity contribution in [2.24, 2.45) is 5.92 Å². The fraction of sp³-hybridized carbons (Fsp3) is 0.600. The van der Waals surface area contributed by atoms with E-state index in [4.69, 9.17) is 0 Å². The largest absolute Gasteiger partial charge is 0.317 e. The second-order valence-corrected chi connectivity index (χ2v) is 7.25. The molecule has 18 heavy (non-hydrogen) atoms. The number of rotatable bonds is 5. The van der Waals surface area contributed by atoms with E-state index < -0.39 is 0 Å². The van der Waals surface area contributed by atoms with Crippen LogP contribution in [-0.4, -0.2) is 24.6 Å². The van der Waals surface area contributed by atoms with Crippen LogP contribution in [0.3, 0.4) is 0 Å². The maximum absolute atomic E-state index is 3.49. The minimum atomic E-state index is 0.624. The van der Waals surface area contributed by atoms with Crippen LogP contribution in [0.15, 0.2) is 28.7 Å². The van der Waals surface area contributed by atoms with E-state index in [9.17, 15) is 0 Å². The van der Waals surface area contributed by atoms with Gasteiger partial charge in [0.2, 0.25) is 0 Å². The maximum atomic E-state index is 3.49. The number of hydrogen-bond acceptors (Lipinski definition) is 2. The summed E-state index contributed by atoms with van der Waals surface area (Å²) in [6.07, 6.45) is 5.28. The van der Waals surface area contributed by atoms with Gasteiger partial charge in [0.25, 0.3) is 0 Å². The summed E-state index contributed by atoms with van der Waals surface area (Å²) in [5.74, 6) is 3.65. The fourth-order valence-electron chi connectivity index (χ4n) is 2.59. The summed E-state index contributed by atoms with van der Waals surface area (Å²) < 4.78 is 1.16. The van der Waals surface area contributed by atoms with Crippen molar-refractivity contribution in [3.8, 4) is 0 Å². The molecule has 2 rings (SSSR count). The Morgan fingerprint density at radius 1 is 1.28 bits per heavy atom. The van der Waals surface area contributed by atoms with Gasteiger partial charge in [0.15, 0.2) is 0 Å². The maximum Gasteiger partial charge on any atom is 0.0175 e. The molecule has 0 radical (unpaired) electrons. The molecule has 0 saturated carbocycles. The van der Waals surface area contributed by atoms with Crippen molar-refractivity contribution in [3.63, 3.8) is 0 Å². The highest BCUT2D eigenvalue weighted by atomic mass is 79.9. The molecule has 1 atom stereocenters. The molecule has 1 unspecified atom stereocenters. The Morgan fingerprint density at radius 3 is 2.56 bits per heavy atom. The number of likely N-dealkylation sites (N-methyl/N-ethyl adjacent to an activating group) is 1. The summed E-state index contributed by atoms with van der Waals surface area (Å²) in [6.45, 7) is 0. The van der Waals surface area contributed by atoms with Gasteiger partial charge in [-0.15, -0.1) is 0 Å². The summed E-state index contributed by atoms with van der Waals surface area (Å²) in [6, 6.07) is 9.36. The highest BCUT2D eigenvalue weighted by Gasteiger charge is 2.18. The van der Waals surface area contributed by atoms with Gasteiger partial charge in [0, 0.05) is 10.5 Å². The summed E-state index contributed by atoms with van der Waals surface area (Å²) >= 11 is 5.60. The third kappa shape index (κ3) is 4.60. The van der Waals surface area contributed by atoms with E-state index in [1.54, 1.807) is 0 Å². The zero-order chi connectivity index (χ0) is 12.8. The summed E-state index contributed by atoms with van der Waals surface area (Å²) in [5, 5.41) is 3.49. The first-order valence-corrected chi connectivity index (χ1v) is 8.72. The molecular weight excluding hydrogens is 306 g/mol. The quantitative estimate of drug-likeness (QED) is 0.873. The Kier molecular flexibility index (Phi) is 6.06. The minimum Gasteiger partial charge on any atom is -0.317 e. The van der Waals surface area contributed by atoms with Crippen molar-refractivity contribution in [2.75, 3.05) is 18.6 Å². The molecule has 1 N–H and O–H groups in total. The highest BCUT2D eigenvalue weighted by Crippen LogP contribution is 2.27. The van der Waals surface area contributed by atoms with Crippen LogP contribution >= 0.6 is 27.7 Å².